The fourth-order valence-electron chi connectivity index (χ4n) is 4.35. The van der Waals surface area contributed by atoms with Crippen LogP contribution < -0.4 is 16.0 Å². The van der Waals surface area contributed by atoms with Gasteiger partial charge in [-0.2, -0.15) is 0 Å². The van der Waals surface area contributed by atoms with Crippen LogP contribution in [-0.2, 0) is 0 Å². The maximum Gasteiger partial charge on any atom is 0.255 e. The molecule has 196 valence electrons. The number of fused-ring (bicyclic) bond motifs is 1. The van der Waals surface area contributed by atoms with E-state index in [4.69, 9.17) is 4.52 Å². The number of nitrogens with zero attached hydrogens (tertiary/aromatic N) is 3. The minimum atomic E-state index is -0.221. The number of nitrogens with one attached hydrogen (secondary N) is 3. The van der Waals surface area contributed by atoms with Crippen molar-refractivity contribution in [2.24, 2.45) is 0 Å². The maximum absolute atomic E-state index is 13.0. The molecule has 40 heavy (non-hydrogen) atoms. The second kappa shape index (κ2) is 10.7. The second-order valence-corrected chi connectivity index (χ2v) is 9.44. The number of hydrogen-bond acceptors (Lipinski definition) is 7. The summed E-state index contributed by atoms with van der Waals surface area (Å²) in [6.07, 6.45) is 0. The number of benzene rings is 4. The molecule has 6 rings (SSSR count). The Bertz CT molecular complexity index is 1800. The van der Waals surface area contributed by atoms with E-state index >= 15 is 0 Å². The summed E-state index contributed by atoms with van der Waals surface area (Å²) >= 11 is 0. The Kier molecular flexibility index (Phi) is 6.64. The predicted molar refractivity (Wildman–Crippen MR) is 158 cm³/mol. The Labute approximate surface area is 231 Å². The summed E-state index contributed by atoms with van der Waals surface area (Å²) in [5.41, 5.74) is 5.76. The Morgan fingerprint density at radius 2 is 1.32 bits per heavy atom. The summed E-state index contributed by atoms with van der Waals surface area (Å²) in [6, 6.07) is 32.5. The van der Waals surface area contributed by atoms with Gasteiger partial charge >= 0.3 is 0 Å². The number of aromatic nitrogens is 3. The van der Waals surface area contributed by atoms with Crippen LogP contribution in [0.4, 0.5) is 28.7 Å². The van der Waals surface area contributed by atoms with Crippen LogP contribution in [0.5, 0.6) is 0 Å². The molecule has 3 N–H and O–H groups in total. The lowest BCUT2D eigenvalue weighted by Gasteiger charge is -2.11. The van der Waals surface area contributed by atoms with Crippen LogP contribution in [0, 0.1) is 13.8 Å². The van der Waals surface area contributed by atoms with Crippen molar-refractivity contribution in [3.63, 3.8) is 0 Å². The Morgan fingerprint density at radius 1 is 0.700 bits per heavy atom. The van der Waals surface area contributed by atoms with E-state index in [0.29, 0.717) is 40.0 Å². The van der Waals surface area contributed by atoms with Crippen LogP contribution >= 0.6 is 0 Å². The molecule has 2 aromatic heterocycles. The minimum absolute atomic E-state index is 0.221. The van der Waals surface area contributed by atoms with E-state index in [2.05, 4.69) is 38.0 Å². The first-order valence-electron chi connectivity index (χ1n) is 12.8. The van der Waals surface area contributed by atoms with Crippen LogP contribution in [0.15, 0.2) is 108 Å². The van der Waals surface area contributed by atoms with Crippen LogP contribution in [-0.4, -0.2) is 21.0 Å². The highest BCUT2D eigenvalue weighted by atomic mass is 16.5. The van der Waals surface area contributed by atoms with E-state index in [-0.39, 0.29) is 5.91 Å². The van der Waals surface area contributed by atoms with Gasteiger partial charge in [0.25, 0.3) is 5.91 Å². The van der Waals surface area contributed by atoms with E-state index < -0.39 is 0 Å². The molecule has 6 aromatic rings. The number of anilines is 5. The summed E-state index contributed by atoms with van der Waals surface area (Å²) < 4.78 is 5.56. The van der Waals surface area contributed by atoms with Crippen molar-refractivity contribution in [1.82, 2.24) is 15.1 Å². The van der Waals surface area contributed by atoms with Crippen molar-refractivity contribution in [3.05, 3.63) is 120 Å². The topological polar surface area (TPSA) is 105 Å². The SMILES string of the molecule is Cc1ccc(Nc2cc(Nc3ccc(NC(=O)c4ccc5noc(-c6ccccc6)c5c4)cc3)nc(C)n2)cc1. The smallest absolute Gasteiger partial charge is 0.255 e. The van der Waals surface area contributed by atoms with Crippen LogP contribution in [0.2, 0.25) is 0 Å². The highest BCUT2D eigenvalue weighted by molar-refractivity contribution is 6.07. The lowest BCUT2D eigenvalue weighted by molar-refractivity contribution is 0.102. The molecule has 8 nitrogen and oxygen atoms in total. The molecule has 0 atom stereocenters. The maximum atomic E-state index is 13.0. The van der Waals surface area contributed by atoms with Gasteiger partial charge in [-0.3, -0.25) is 4.79 Å². The normalized spacial score (nSPS) is 10.8. The lowest BCUT2D eigenvalue weighted by atomic mass is 10.1. The summed E-state index contributed by atoms with van der Waals surface area (Å²) in [4.78, 5) is 22.0. The van der Waals surface area contributed by atoms with Crippen LogP contribution in [0.25, 0.3) is 22.2 Å². The average molecular weight is 527 g/mol. The van der Waals surface area contributed by atoms with E-state index in [0.717, 1.165) is 22.3 Å². The molecule has 1 amide bonds. The van der Waals surface area contributed by atoms with Gasteiger partial charge < -0.3 is 20.5 Å². The van der Waals surface area contributed by atoms with E-state index in [1.165, 1.54) is 5.56 Å². The van der Waals surface area contributed by atoms with Crippen molar-refractivity contribution >= 4 is 45.5 Å². The van der Waals surface area contributed by atoms with Gasteiger partial charge in [0.2, 0.25) is 0 Å². The number of amides is 1. The van der Waals surface area contributed by atoms with E-state index in [1.807, 2.05) is 91.9 Å². The van der Waals surface area contributed by atoms with Gasteiger partial charge in [0.1, 0.15) is 23.0 Å². The first-order valence-corrected chi connectivity index (χ1v) is 12.8. The average Bonchev–Trinajstić information content (AvgIpc) is 3.39. The van der Waals surface area contributed by atoms with Crippen LogP contribution in [0.1, 0.15) is 21.7 Å². The Balaban J connectivity index is 1.14. The monoisotopic (exact) mass is 526 g/mol. The zero-order valence-electron chi connectivity index (χ0n) is 22.0. The van der Waals surface area contributed by atoms with Crippen molar-refractivity contribution in [2.45, 2.75) is 13.8 Å². The van der Waals surface area contributed by atoms with Gasteiger partial charge in [0.15, 0.2) is 5.76 Å². The molecule has 0 fully saturated rings. The number of hydrogen-bond donors (Lipinski definition) is 3. The first kappa shape index (κ1) is 24.8. The molecule has 0 bridgehead atoms. The lowest BCUT2D eigenvalue weighted by Crippen LogP contribution is -2.11. The molecule has 0 spiro atoms. The van der Waals surface area contributed by atoms with Gasteiger partial charge in [-0.15, -0.1) is 0 Å². The molecule has 0 aliphatic rings. The predicted octanol–water partition coefficient (Wildman–Crippen LogP) is 7.64. The largest absolute Gasteiger partial charge is 0.355 e. The zero-order chi connectivity index (χ0) is 27.5. The molecular weight excluding hydrogens is 500 g/mol. The first-order chi connectivity index (χ1) is 19.5. The summed E-state index contributed by atoms with van der Waals surface area (Å²) in [5.74, 6) is 2.42. The molecule has 0 radical (unpaired) electrons. The molecule has 0 aliphatic heterocycles. The quantitative estimate of drug-likeness (QED) is 0.196. The molecule has 0 saturated carbocycles. The van der Waals surface area contributed by atoms with Gasteiger partial charge in [-0.1, -0.05) is 53.2 Å². The fourth-order valence-corrected chi connectivity index (χ4v) is 4.35. The van der Waals surface area contributed by atoms with Gasteiger partial charge in [0, 0.05) is 34.3 Å². The number of rotatable bonds is 7. The number of carbonyl (C=O) groups excluding carboxylic acids is 1. The third-order valence-electron chi connectivity index (χ3n) is 6.35. The van der Waals surface area contributed by atoms with Crippen molar-refractivity contribution in [2.75, 3.05) is 16.0 Å². The summed E-state index contributed by atoms with van der Waals surface area (Å²) in [6.45, 7) is 3.90. The van der Waals surface area contributed by atoms with Gasteiger partial charge in [0.05, 0.1) is 5.39 Å². The van der Waals surface area contributed by atoms with E-state index in [9.17, 15) is 4.79 Å². The molecule has 2 heterocycles. The Hall–Kier alpha value is -5.50. The molecule has 8 heteroatoms. The summed E-state index contributed by atoms with van der Waals surface area (Å²) in [5, 5.41) is 14.5. The van der Waals surface area contributed by atoms with Gasteiger partial charge in [-0.05, 0) is 68.4 Å². The molecule has 0 saturated heterocycles. The zero-order valence-corrected chi connectivity index (χ0v) is 22.0. The van der Waals surface area contributed by atoms with Gasteiger partial charge in [-0.25, -0.2) is 9.97 Å². The Morgan fingerprint density at radius 3 is 2.00 bits per heavy atom. The summed E-state index contributed by atoms with van der Waals surface area (Å²) in [7, 11) is 0. The fraction of sp³-hybridized carbons (Fsp3) is 0.0625. The highest BCUT2D eigenvalue weighted by Crippen LogP contribution is 2.29. The molecule has 4 aromatic carbocycles. The number of aryl methyl sites for hydroxylation is 2. The highest BCUT2D eigenvalue weighted by Gasteiger charge is 2.14. The second-order valence-electron chi connectivity index (χ2n) is 9.44. The van der Waals surface area contributed by atoms with Crippen molar-refractivity contribution < 1.29 is 9.32 Å². The minimum Gasteiger partial charge on any atom is -0.355 e. The molecule has 0 unspecified atom stereocenters. The van der Waals surface area contributed by atoms with E-state index in [1.54, 1.807) is 18.2 Å². The standard InChI is InChI=1S/C32H26N6O2/c1-20-8-11-24(12-9-20)35-29-19-30(34-21(2)33-29)36-25-13-15-26(16-14-25)37-32(39)23-10-17-28-27(18-23)31(40-38-28)22-6-4-3-5-7-22/h3-19H,1-2H3,(H,37,39)(H2,33,34,35,36). The molecular formula is C32H26N6O2. The van der Waals surface area contributed by atoms with Crippen LogP contribution in [0.3, 0.4) is 0 Å². The third kappa shape index (κ3) is 5.51. The van der Waals surface area contributed by atoms with Crippen molar-refractivity contribution in [3.8, 4) is 11.3 Å². The molecule has 0 aliphatic carbocycles. The van der Waals surface area contributed by atoms with Crippen molar-refractivity contribution in [1.29, 1.82) is 0 Å². The number of carbonyl (C=O) groups is 1. The third-order valence-corrected chi connectivity index (χ3v) is 6.35.